The molecule has 31 heavy (non-hydrogen) atoms. The van der Waals surface area contributed by atoms with Crippen molar-refractivity contribution in [2.75, 3.05) is 6.61 Å². The molecule has 0 spiro atoms. The molecule has 6 atom stereocenters. The topological polar surface area (TPSA) is 100 Å². The summed E-state index contributed by atoms with van der Waals surface area (Å²) in [5.74, 6) is -0.0574. The minimum absolute atomic E-state index is 0.0574. The van der Waals surface area contributed by atoms with Gasteiger partial charge in [0.2, 0.25) is 0 Å². The van der Waals surface area contributed by atoms with Crippen LogP contribution < -0.4 is 11.2 Å². The minimum atomic E-state index is -1.59. The second kappa shape index (κ2) is 9.11. The van der Waals surface area contributed by atoms with E-state index in [2.05, 4.69) is 15.7 Å². The monoisotopic (exact) mass is 454 g/mol. The Morgan fingerprint density at radius 1 is 1.39 bits per heavy atom. The number of hydrogen-bond donors (Lipinski definition) is 1. The number of aromatic amines is 1. The summed E-state index contributed by atoms with van der Waals surface area (Å²) in [5, 5.41) is 8.89. The van der Waals surface area contributed by atoms with Crippen LogP contribution in [0.1, 0.15) is 59.1 Å². The Balaban J connectivity index is 1.89. The highest BCUT2D eigenvalue weighted by Crippen LogP contribution is 2.70. The van der Waals surface area contributed by atoms with Gasteiger partial charge in [-0.05, 0) is 47.0 Å². The zero-order chi connectivity index (χ0) is 23.1. The summed E-state index contributed by atoms with van der Waals surface area (Å²) in [4.78, 5) is 26.5. The van der Waals surface area contributed by atoms with Crippen LogP contribution in [0.15, 0.2) is 15.8 Å². The highest BCUT2D eigenvalue weighted by molar-refractivity contribution is 7.44. The van der Waals surface area contributed by atoms with Crippen molar-refractivity contribution in [2.45, 2.75) is 84.8 Å². The maximum atomic E-state index is 15.8. The van der Waals surface area contributed by atoms with E-state index in [4.69, 9.17) is 14.3 Å². The lowest BCUT2D eigenvalue weighted by Crippen LogP contribution is -2.40. The number of aromatic nitrogens is 2. The molecule has 10 heteroatoms. The van der Waals surface area contributed by atoms with E-state index in [1.165, 1.54) is 10.8 Å². The van der Waals surface area contributed by atoms with Crippen LogP contribution in [0, 0.1) is 29.6 Å². The quantitative estimate of drug-likeness (QED) is 0.453. The smallest absolute Gasteiger partial charge is 0.321 e. The van der Waals surface area contributed by atoms with Crippen molar-refractivity contribution in [3.8, 4) is 6.07 Å². The molecule has 0 aromatic carbocycles. The fraction of sp³-hybridized carbons (Fsp3) is 0.762. The molecule has 1 heterocycles. The van der Waals surface area contributed by atoms with Gasteiger partial charge in [-0.2, -0.15) is 5.26 Å². The Labute approximate surface area is 183 Å². The number of nitrogens with one attached hydrogen (secondary N) is 1. The summed E-state index contributed by atoms with van der Waals surface area (Å²) in [7, 11) is -1.59. The zero-order valence-electron chi connectivity index (χ0n) is 19.0. The Kier molecular flexibility index (Phi) is 7.07. The number of nitrogens with zero attached hydrogens (tertiary/aromatic N) is 3. The summed E-state index contributed by atoms with van der Waals surface area (Å²) in [5.41, 5.74) is -1.10. The molecule has 2 aliphatic carbocycles. The van der Waals surface area contributed by atoms with Gasteiger partial charge in [0.1, 0.15) is 12.3 Å². The van der Waals surface area contributed by atoms with E-state index >= 15 is 4.39 Å². The summed E-state index contributed by atoms with van der Waals surface area (Å²) in [6.45, 7) is 11.9. The lowest BCUT2D eigenvalue weighted by Gasteiger charge is -2.38. The van der Waals surface area contributed by atoms with Crippen LogP contribution in [0.2, 0.25) is 0 Å². The average Bonchev–Trinajstić information content (AvgIpc) is 3.29. The van der Waals surface area contributed by atoms with Crippen molar-refractivity contribution in [3.63, 3.8) is 0 Å². The molecule has 0 radical (unpaired) electrons. The van der Waals surface area contributed by atoms with E-state index in [1.807, 2.05) is 34.6 Å². The normalized spacial score (nSPS) is 30.6. The molecule has 0 amide bonds. The number of aryl methyl sites for hydroxylation is 1. The number of fused-ring (bicyclic) bond motifs is 1. The van der Waals surface area contributed by atoms with Crippen molar-refractivity contribution in [3.05, 3.63) is 32.6 Å². The van der Waals surface area contributed by atoms with Crippen LogP contribution in [0.3, 0.4) is 0 Å². The van der Waals surface area contributed by atoms with Gasteiger partial charge in [-0.25, -0.2) is 13.9 Å². The summed E-state index contributed by atoms with van der Waals surface area (Å²) in [6.07, 6.45) is 0.246. The molecule has 2 saturated carbocycles. The number of nitriles is 1. The number of hydrogen-bond acceptors (Lipinski definition) is 6. The van der Waals surface area contributed by atoms with Crippen LogP contribution in [-0.2, 0) is 9.05 Å². The molecule has 0 aliphatic heterocycles. The number of alkyl halides is 1. The molecular weight excluding hydrogens is 422 g/mol. The molecular formula is C21H32FN4O4P. The Hall–Kier alpha value is -1.59. The number of rotatable bonds is 9. The predicted octanol–water partition coefficient (Wildman–Crippen LogP) is 3.43. The van der Waals surface area contributed by atoms with Crippen LogP contribution >= 0.6 is 8.53 Å². The van der Waals surface area contributed by atoms with Crippen LogP contribution in [-0.4, -0.2) is 45.2 Å². The van der Waals surface area contributed by atoms with Gasteiger partial charge in [-0.1, -0.05) is 6.92 Å². The summed E-state index contributed by atoms with van der Waals surface area (Å²) >= 11 is 0. The van der Waals surface area contributed by atoms with Gasteiger partial charge >= 0.3 is 5.69 Å². The third-order valence-electron chi connectivity index (χ3n) is 6.36. The third-order valence-corrected chi connectivity index (χ3v) is 8.47. The minimum Gasteiger partial charge on any atom is -0.321 e. The van der Waals surface area contributed by atoms with Crippen LogP contribution in [0.5, 0.6) is 0 Å². The first-order valence-electron chi connectivity index (χ1n) is 10.7. The van der Waals surface area contributed by atoms with Gasteiger partial charge in [-0.3, -0.25) is 14.3 Å². The van der Waals surface area contributed by atoms with E-state index in [-0.39, 0.29) is 31.0 Å². The molecule has 1 unspecified atom stereocenters. The first kappa shape index (κ1) is 24.1. The van der Waals surface area contributed by atoms with E-state index in [9.17, 15) is 9.59 Å². The van der Waals surface area contributed by atoms with Gasteiger partial charge in [0, 0.05) is 29.3 Å². The molecule has 0 bridgehead atoms. The molecule has 8 nitrogen and oxygen atoms in total. The number of halogens is 1. The SMILES string of the molecule is Cc1cn([C@H]2[C@H](F)[C@H](OP(OCCC#N)N(C(C)C)C(C)C)[C@]3(C)C[C@H]23)c(=O)[nH]c1=O. The van der Waals surface area contributed by atoms with Crippen molar-refractivity contribution in [2.24, 2.45) is 11.3 Å². The zero-order valence-corrected chi connectivity index (χ0v) is 19.9. The molecule has 172 valence electrons. The molecule has 0 saturated heterocycles. The summed E-state index contributed by atoms with van der Waals surface area (Å²) in [6, 6.07) is 1.58. The number of H-pyrrole nitrogens is 1. The Bertz CT molecular complexity index is 950. The van der Waals surface area contributed by atoms with Crippen molar-refractivity contribution < 1.29 is 13.4 Å². The van der Waals surface area contributed by atoms with E-state index in [0.29, 0.717) is 5.56 Å². The van der Waals surface area contributed by atoms with Gasteiger partial charge < -0.3 is 9.05 Å². The third kappa shape index (κ3) is 4.49. The van der Waals surface area contributed by atoms with Gasteiger partial charge in [0.05, 0.1) is 25.1 Å². The van der Waals surface area contributed by atoms with Crippen molar-refractivity contribution in [1.29, 1.82) is 5.26 Å². The Morgan fingerprint density at radius 3 is 2.61 bits per heavy atom. The summed E-state index contributed by atoms with van der Waals surface area (Å²) < 4.78 is 31.5. The van der Waals surface area contributed by atoms with Gasteiger partial charge in [-0.15, -0.1) is 0 Å². The first-order valence-corrected chi connectivity index (χ1v) is 11.9. The lowest BCUT2D eigenvalue weighted by atomic mass is 10.0. The van der Waals surface area contributed by atoms with E-state index in [0.717, 1.165) is 6.42 Å². The van der Waals surface area contributed by atoms with Crippen molar-refractivity contribution >= 4 is 8.53 Å². The maximum Gasteiger partial charge on any atom is 0.328 e. The lowest BCUT2D eigenvalue weighted by molar-refractivity contribution is 0.0371. The largest absolute Gasteiger partial charge is 0.328 e. The second-order valence-electron chi connectivity index (χ2n) is 9.30. The highest BCUT2D eigenvalue weighted by Gasteiger charge is 2.71. The fourth-order valence-electron chi connectivity index (χ4n) is 4.74. The highest BCUT2D eigenvalue weighted by atomic mass is 31.2. The van der Waals surface area contributed by atoms with E-state index < -0.39 is 43.5 Å². The van der Waals surface area contributed by atoms with Gasteiger partial charge in [0.15, 0.2) is 0 Å². The molecule has 1 aromatic heterocycles. The molecule has 2 aliphatic rings. The predicted molar refractivity (Wildman–Crippen MR) is 116 cm³/mol. The average molecular weight is 454 g/mol. The second-order valence-corrected chi connectivity index (χ2v) is 10.7. The van der Waals surface area contributed by atoms with Crippen molar-refractivity contribution in [1.82, 2.24) is 14.2 Å². The van der Waals surface area contributed by atoms with Crippen LogP contribution in [0.25, 0.3) is 0 Å². The molecule has 2 fully saturated rings. The van der Waals surface area contributed by atoms with Gasteiger partial charge in [0.25, 0.3) is 14.1 Å². The Morgan fingerprint density at radius 2 is 2.03 bits per heavy atom. The maximum absolute atomic E-state index is 15.8. The molecule has 1 N–H and O–H groups in total. The molecule has 1 aromatic rings. The fourth-order valence-corrected chi connectivity index (χ4v) is 6.60. The first-order chi connectivity index (χ1) is 14.5. The van der Waals surface area contributed by atoms with Crippen LogP contribution in [0.4, 0.5) is 4.39 Å². The van der Waals surface area contributed by atoms with E-state index in [1.54, 1.807) is 6.92 Å². The molecule has 3 rings (SSSR count). The standard InChI is InChI=1S/C21H32FN4O4P/c1-12(2)26(13(3)4)31(29-9-7-8-23)30-18-16(22)17(15-10-21(15,18)6)25-11-14(5)19(27)24-20(25)28/h11-13,15-18H,7,9-10H2,1-6H3,(H,24,27,28)/t15-,16+,17-,18+,21-,31?/m1/s1.